The Balaban J connectivity index is 1.67. The van der Waals surface area contributed by atoms with Crippen LogP contribution in [0.15, 0.2) is 30.5 Å². The molecule has 2 rings (SSSR count). The van der Waals surface area contributed by atoms with E-state index in [-0.39, 0.29) is 5.91 Å². The highest BCUT2D eigenvalue weighted by Crippen LogP contribution is 2.19. The third-order valence-electron chi connectivity index (χ3n) is 3.56. The molecule has 0 atom stereocenters. The number of amides is 1. The molecule has 1 heterocycles. The summed E-state index contributed by atoms with van der Waals surface area (Å²) in [5, 5.41) is 12.6. The second-order valence-corrected chi connectivity index (χ2v) is 5.18. The molecular formula is C17H21N3O. The minimum Gasteiger partial charge on any atom is -0.361 e. The van der Waals surface area contributed by atoms with Gasteiger partial charge in [0, 0.05) is 36.5 Å². The number of H-pyrrole nitrogens is 1. The fourth-order valence-corrected chi connectivity index (χ4v) is 2.42. The zero-order valence-corrected chi connectivity index (χ0v) is 12.2. The lowest BCUT2D eigenvalue weighted by Gasteiger charge is -2.04. The fourth-order valence-electron chi connectivity index (χ4n) is 2.42. The molecule has 0 saturated carbocycles. The topological polar surface area (TPSA) is 68.7 Å². The quantitative estimate of drug-likeness (QED) is 0.730. The van der Waals surface area contributed by atoms with Crippen LogP contribution >= 0.6 is 0 Å². The van der Waals surface area contributed by atoms with E-state index in [2.05, 4.69) is 28.5 Å². The molecule has 0 spiro atoms. The van der Waals surface area contributed by atoms with Gasteiger partial charge in [-0.15, -0.1) is 0 Å². The summed E-state index contributed by atoms with van der Waals surface area (Å²) in [4.78, 5) is 14.9. The number of rotatable bonds is 8. The highest BCUT2D eigenvalue weighted by molar-refractivity contribution is 5.83. The number of para-hydroxylation sites is 1. The molecule has 4 heteroatoms. The minimum absolute atomic E-state index is 0.104. The van der Waals surface area contributed by atoms with Crippen molar-refractivity contribution in [3.63, 3.8) is 0 Å². The van der Waals surface area contributed by atoms with Crippen molar-refractivity contribution < 1.29 is 4.79 Å². The van der Waals surface area contributed by atoms with E-state index in [1.807, 2.05) is 18.3 Å². The Bertz CT molecular complexity index is 624. The number of aromatic nitrogens is 1. The number of aryl methyl sites for hydroxylation is 1. The van der Waals surface area contributed by atoms with E-state index < -0.39 is 0 Å². The Kier molecular flexibility index (Phi) is 5.83. The van der Waals surface area contributed by atoms with Crippen LogP contribution in [0.25, 0.3) is 10.9 Å². The van der Waals surface area contributed by atoms with Crippen molar-refractivity contribution in [1.29, 1.82) is 5.26 Å². The van der Waals surface area contributed by atoms with Crippen LogP contribution in [0.2, 0.25) is 0 Å². The number of hydrogen-bond acceptors (Lipinski definition) is 2. The molecule has 0 bridgehead atoms. The minimum atomic E-state index is 0.104. The molecule has 0 radical (unpaired) electrons. The third kappa shape index (κ3) is 4.64. The SMILES string of the molecule is N#CCCCCNC(=O)CCCc1c[nH]c2ccccc12. The molecule has 0 aliphatic heterocycles. The zero-order valence-electron chi connectivity index (χ0n) is 12.2. The summed E-state index contributed by atoms with van der Waals surface area (Å²) in [5.74, 6) is 0.104. The summed E-state index contributed by atoms with van der Waals surface area (Å²) in [6.45, 7) is 0.674. The second kappa shape index (κ2) is 8.11. The lowest BCUT2D eigenvalue weighted by molar-refractivity contribution is -0.121. The van der Waals surface area contributed by atoms with Crippen molar-refractivity contribution in [2.45, 2.75) is 38.5 Å². The van der Waals surface area contributed by atoms with E-state index in [1.54, 1.807) is 0 Å². The Hall–Kier alpha value is -2.28. The van der Waals surface area contributed by atoms with Crippen molar-refractivity contribution in [1.82, 2.24) is 10.3 Å². The lowest BCUT2D eigenvalue weighted by atomic mass is 10.1. The monoisotopic (exact) mass is 283 g/mol. The zero-order chi connectivity index (χ0) is 14.9. The van der Waals surface area contributed by atoms with E-state index in [0.717, 1.165) is 31.2 Å². The molecule has 0 aliphatic carbocycles. The summed E-state index contributed by atoms with van der Waals surface area (Å²) in [7, 11) is 0. The highest BCUT2D eigenvalue weighted by atomic mass is 16.1. The van der Waals surface area contributed by atoms with Crippen LogP contribution in [0.5, 0.6) is 0 Å². The summed E-state index contributed by atoms with van der Waals surface area (Å²) in [6, 6.07) is 10.3. The van der Waals surface area contributed by atoms with Gasteiger partial charge in [0.25, 0.3) is 0 Å². The van der Waals surface area contributed by atoms with Gasteiger partial charge in [0.05, 0.1) is 6.07 Å². The van der Waals surface area contributed by atoms with Crippen molar-refractivity contribution in [2.24, 2.45) is 0 Å². The smallest absolute Gasteiger partial charge is 0.220 e. The molecule has 0 unspecified atom stereocenters. The first kappa shape index (κ1) is 15.1. The maximum atomic E-state index is 11.7. The number of nitriles is 1. The number of hydrogen-bond donors (Lipinski definition) is 2. The van der Waals surface area contributed by atoms with E-state index in [9.17, 15) is 4.79 Å². The van der Waals surface area contributed by atoms with Gasteiger partial charge in [-0.05, 0) is 37.3 Å². The molecule has 2 aromatic rings. The maximum absolute atomic E-state index is 11.7. The first-order valence-electron chi connectivity index (χ1n) is 7.50. The first-order valence-corrected chi connectivity index (χ1v) is 7.50. The maximum Gasteiger partial charge on any atom is 0.220 e. The Morgan fingerprint density at radius 2 is 2.10 bits per heavy atom. The predicted molar refractivity (Wildman–Crippen MR) is 83.7 cm³/mol. The van der Waals surface area contributed by atoms with Crippen LogP contribution in [-0.2, 0) is 11.2 Å². The van der Waals surface area contributed by atoms with Gasteiger partial charge in [-0.1, -0.05) is 18.2 Å². The molecule has 110 valence electrons. The van der Waals surface area contributed by atoms with Gasteiger partial charge in [-0.2, -0.15) is 5.26 Å². The van der Waals surface area contributed by atoms with E-state index >= 15 is 0 Å². The van der Waals surface area contributed by atoms with Gasteiger partial charge in [-0.3, -0.25) is 4.79 Å². The molecule has 21 heavy (non-hydrogen) atoms. The average Bonchev–Trinajstić information content (AvgIpc) is 2.91. The van der Waals surface area contributed by atoms with Gasteiger partial charge in [-0.25, -0.2) is 0 Å². The van der Waals surface area contributed by atoms with Gasteiger partial charge in [0.1, 0.15) is 0 Å². The second-order valence-electron chi connectivity index (χ2n) is 5.18. The lowest BCUT2D eigenvalue weighted by Crippen LogP contribution is -2.24. The standard InChI is InChI=1S/C17H21N3O/c18-11-4-1-5-12-19-17(21)10-6-7-14-13-20-16-9-3-2-8-15(14)16/h2-3,8-9,13,20H,1,4-7,10,12H2,(H,19,21). The molecular weight excluding hydrogens is 262 g/mol. The summed E-state index contributed by atoms with van der Waals surface area (Å²) < 4.78 is 0. The first-order chi connectivity index (χ1) is 10.3. The predicted octanol–water partition coefficient (Wildman–Crippen LogP) is 3.30. The van der Waals surface area contributed by atoms with Gasteiger partial charge in [0.2, 0.25) is 5.91 Å². The molecule has 0 saturated heterocycles. The van der Waals surface area contributed by atoms with Crippen molar-refractivity contribution in [2.75, 3.05) is 6.54 Å². The summed E-state index contributed by atoms with van der Waals surface area (Å²) in [6.07, 6.45) is 6.64. The number of nitrogens with zero attached hydrogens (tertiary/aromatic N) is 1. The van der Waals surface area contributed by atoms with Gasteiger partial charge < -0.3 is 10.3 Å². The van der Waals surface area contributed by atoms with Crippen LogP contribution in [0, 0.1) is 11.3 Å². The molecule has 2 N–H and O–H groups in total. The van der Waals surface area contributed by atoms with Crippen molar-refractivity contribution in [3.8, 4) is 6.07 Å². The van der Waals surface area contributed by atoms with Crippen LogP contribution in [0.1, 0.15) is 37.7 Å². The van der Waals surface area contributed by atoms with Gasteiger partial charge in [0.15, 0.2) is 0 Å². The largest absolute Gasteiger partial charge is 0.361 e. The third-order valence-corrected chi connectivity index (χ3v) is 3.56. The molecule has 1 aromatic heterocycles. The number of benzene rings is 1. The highest BCUT2D eigenvalue weighted by Gasteiger charge is 2.05. The molecule has 4 nitrogen and oxygen atoms in total. The van der Waals surface area contributed by atoms with Crippen LogP contribution in [-0.4, -0.2) is 17.4 Å². The summed E-state index contributed by atoms with van der Waals surface area (Å²) >= 11 is 0. The fraction of sp³-hybridized carbons (Fsp3) is 0.412. The Morgan fingerprint density at radius 1 is 1.24 bits per heavy atom. The Morgan fingerprint density at radius 3 is 2.95 bits per heavy atom. The van der Waals surface area contributed by atoms with Crippen LogP contribution in [0.3, 0.4) is 0 Å². The Labute approximate surface area is 125 Å². The number of nitrogens with one attached hydrogen (secondary N) is 2. The normalized spacial score (nSPS) is 10.4. The van der Waals surface area contributed by atoms with Crippen molar-refractivity contribution >= 4 is 16.8 Å². The van der Waals surface area contributed by atoms with Crippen LogP contribution in [0.4, 0.5) is 0 Å². The number of fused-ring (bicyclic) bond motifs is 1. The molecule has 0 fully saturated rings. The number of carbonyl (C=O) groups excluding carboxylic acids is 1. The van der Waals surface area contributed by atoms with E-state index in [4.69, 9.17) is 5.26 Å². The van der Waals surface area contributed by atoms with Crippen molar-refractivity contribution in [3.05, 3.63) is 36.0 Å². The summed E-state index contributed by atoms with van der Waals surface area (Å²) in [5.41, 5.74) is 2.42. The number of aromatic amines is 1. The van der Waals surface area contributed by atoms with Gasteiger partial charge >= 0.3 is 0 Å². The van der Waals surface area contributed by atoms with Crippen LogP contribution < -0.4 is 5.32 Å². The van der Waals surface area contributed by atoms with E-state index in [0.29, 0.717) is 19.4 Å². The molecule has 1 amide bonds. The number of carbonyl (C=O) groups is 1. The average molecular weight is 283 g/mol. The number of unbranched alkanes of at least 4 members (excludes halogenated alkanes) is 2. The molecule has 1 aromatic carbocycles. The molecule has 0 aliphatic rings. The van der Waals surface area contributed by atoms with E-state index in [1.165, 1.54) is 10.9 Å².